The van der Waals surface area contributed by atoms with Crippen LogP contribution in [0.1, 0.15) is 40.5 Å². The van der Waals surface area contributed by atoms with Crippen LogP contribution in [0.25, 0.3) is 0 Å². The normalized spacial score (nSPS) is 44.8. The molecule has 2 heterocycles. The van der Waals surface area contributed by atoms with Gasteiger partial charge in [-0.3, -0.25) is 4.79 Å². The minimum Gasteiger partial charge on any atom is -0.504 e. The second-order valence-corrected chi connectivity index (χ2v) is 12.3. The van der Waals surface area contributed by atoms with Crippen LogP contribution in [0.15, 0.2) is 23.0 Å². The Morgan fingerprint density at radius 2 is 1.90 bits per heavy atom. The zero-order chi connectivity index (χ0) is 29.5. The van der Waals surface area contributed by atoms with Gasteiger partial charge in [-0.25, -0.2) is 14.4 Å². The number of carbonyl (C=O) groups excluding carboxylic acids is 4. The number of ketones is 1. The molecule has 1 spiro atoms. The van der Waals surface area contributed by atoms with Crippen molar-refractivity contribution in [1.29, 1.82) is 0 Å². The van der Waals surface area contributed by atoms with E-state index in [1.165, 1.54) is 0 Å². The zero-order valence-corrected chi connectivity index (χ0v) is 23.1. The first-order chi connectivity index (χ1) is 18.7. The number of hydrogen-bond acceptors (Lipinski definition) is 12. The molecule has 0 aromatic rings. The first-order valence-corrected chi connectivity index (χ1v) is 13.4. The molecule has 220 valence electrons. The van der Waals surface area contributed by atoms with E-state index < -0.39 is 82.3 Å². The second kappa shape index (κ2) is 9.37. The highest BCUT2D eigenvalue weighted by Crippen LogP contribution is 2.72. The minimum absolute atomic E-state index is 0.148. The molecule has 0 aromatic heterocycles. The topological polar surface area (TPSA) is 186 Å². The van der Waals surface area contributed by atoms with E-state index in [1.807, 2.05) is 0 Å². The van der Waals surface area contributed by atoms with Gasteiger partial charge >= 0.3 is 17.9 Å². The molecule has 2 bridgehead atoms. The zero-order valence-electron chi connectivity index (χ0n) is 23.1. The number of carbonyl (C=O) groups is 4. The van der Waals surface area contributed by atoms with Crippen LogP contribution in [0.3, 0.4) is 0 Å². The standard InChI is InChI=1S/C28H36O12/c1-11(12(2)9-29)6-17(31)40-20-22-27-10-38-28(22,25(36)37-5)23(34)19(33)21(27)26(4)8-15(30)18(32)13(3)14(26)7-16(27)39-24(20)35/h6,12,14,16,19-23,29,32-34H,7-10H2,1-5H3/b11-6+/t12?,14-,16+,19+,20+,21+,22+,23-,26-,27+,28-/m0/s1. The van der Waals surface area contributed by atoms with Gasteiger partial charge < -0.3 is 39.4 Å². The van der Waals surface area contributed by atoms with Gasteiger partial charge in [0.15, 0.2) is 11.5 Å². The van der Waals surface area contributed by atoms with E-state index >= 15 is 0 Å². The summed E-state index contributed by atoms with van der Waals surface area (Å²) in [4.78, 5) is 52.8. The maximum atomic E-state index is 13.5. The SMILES string of the molecule is COC(=O)[C@@]12OC[C@]34[C@H]([C@@H](O)[C@@H]1O)[C@@]1(C)CC(=O)C(O)=C(C)[C@@H]1C[C@H]3OC(=O)[C@H](OC(=O)/C=C(\C)C(C)CO)[C@@H]24. The van der Waals surface area contributed by atoms with Crippen molar-refractivity contribution < 1.29 is 58.6 Å². The Balaban J connectivity index is 1.68. The van der Waals surface area contributed by atoms with Gasteiger partial charge in [-0.1, -0.05) is 19.4 Å². The summed E-state index contributed by atoms with van der Waals surface area (Å²) in [5.74, 6) is -6.97. The monoisotopic (exact) mass is 564 g/mol. The predicted molar refractivity (Wildman–Crippen MR) is 133 cm³/mol. The van der Waals surface area contributed by atoms with Crippen molar-refractivity contribution in [2.45, 2.75) is 70.6 Å². The minimum atomic E-state index is -2.26. The third-order valence-corrected chi connectivity index (χ3v) is 10.5. The average molecular weight is 565 g/mol. The van der Waals surface area contributed by atoms with Gasteiger partial charge in [0.05, 0.1) is 25.7 Å². The number of fused-ring (bicyclic) bond motifs is 2. The molecule has 0 aromatic carbocycles. The van der Waals surface area contributed by atoms with Crippen LogP contribution in [0.4, 0.5) is 0 Å². The Bertz CT molecular complexity index is 1220. The van der Waals surface area contributed by atoms with E-state index in [2.05, 4.69) is 0 Å². The Hall–Kier alpha value is -2.80. The van der Waals surface area contributed by atoms with E-state index in [1.54, 1.807) is 27.7 Å². The lowest BCUT2D eigenvalue weighted by Gasteiger charge is -2.67. The molecule has 2 saturated carbocycles. The van der Waals surface area contributed by atoms with Crippen LogP contribution < -0.4 is 0 Å². The Morgan fingerprint density at radius 1 is 1.23 bits per heavy atom. The van der Waals surface area contributed by atoms with Gasteiger partial charge in [0.2, 0.25) is 11.7 Å². The van der Waals surface area contributed by atoms with Crippen LogP contribution in [-0.2, 0) is 38.1 Å². The third kappa shape index (κ3) is 3.45. The molecule has 12 heteroatoms. The Morgan fingerprint density at radius 3 is 2.52 bits per heavy atom. The summed E-state index contributed by atoms with van der Waals surface area (Å²) in [6.45, 7) is 6.22. The molecule has 5 aliphatic rings. The Labute approximate surface area is 230 Å². The number of methoxy groups -OCH3 is 1. The highest BCUT2D eigenvalue weighted by molar-refractivity contribution is 5.95. The molecular formula is C28H36O12. The van der Waals surface area contributed by atoms with E-state index in [4.69, 9.17) is 18.9 Å². The molecule has 3 aliphatic carbocycles. The first-order valence-electron chi connectivity index (χ1n) is 13.4. The number of aliphatic hydroxyl groups is 4. The smallest absolute Gasteiger partial charge is 0.348 e. The molecular weight excluding hydrogens is 528 g/mol. The van der Waals surface area contributed by atoms with Crippen molar-refractivity contribution in [3.63, 3.8) is 0 Å². The summed E-state index contributed by atoms with van der Waals surface area (Å²) in [6, 6.07) is 0. The fraction of sp³-hybridized carbons (Fsp3) is 0.714. The van der Waals surface area contributed by atoms with Crippen molar-refractivity contribution >= 4 is 23.7 Å². The molecule has 5 rings (SSSR count). The van der Waals surface area contributed by atoms with Crippen LogP contribution in [0, 0.1) is 34.5 Å². The number of ether oxygens (including phenoxy) is 4. The summed E-state index contributed by atoms with van der Waals surface area (Å²) in [7, 11) is 1.08. The summed E-state index contributed by atoms with van der Waals surface area (Å²) >= 11 is 0. The summed E-state index contributed by atoms with van der Waals surface area (Å²) in [6.07, 6.45) is -5.08. The molecule has 2 saturated heterocycles. The van der Waals surface area contributed by atoms with E-state index in [0.717, 1.165) is 13.2 Å². The van der Waals surface area contributed by atoms with Gasteiger partial charge in [-0.05, 0) is 37.2 Å². The van der Waals surface area contributed by atoms with Crippen molar-refractivity contribution in [2.24, 2.45) is 34.5 Å². The van der Waals surface area contributed by atoms with Crippen LogP contribution in [0.2, 0.25) is 0 Å². The van der Waals surface area contributed by atoms with Gasteiger partial charge in [-0.2, -0.15) is 0 Å². The quantitative estimate of drug-likeness (QED) is 0.201. The molecule has 0 amide bonds. The number of rotatable bonds is 5. The second-order valence-electron chi connectivity index (χ2n) is 12.3. The van der Waals surface area contributed by atoms with Gasteiger partial charge in [0.1, 0.15) is 12.2 Å². The molecule has 4 N–H and O–H groups in total. The van der Waals surface area contributed by atoms with E-state index in [9.17, 15) is 39.6 Å². The maximum Gasteiger partial charge on any atom is 0.348 e. The Kier molecular flexibility index (Phi) is 6.72. The molecule has 11 atom stereocenters. The van der Waals surface area contributed by atoms with E-state index in [-0.39, 0.29) is 37.7 Å². The number of Topliss-reactive ketones (excluding diaryl/α,β-unsaturated/α-hetero) is 1. The largest absolute Gasteiger partial charge is 0.504 e. The lowest BCUT2D eigenvalue weighted by molar-refractivity contribution is -0.290. The fourth-order valence-electron chi connectivity index (χ4n) is 8.49. The van der Waals surface area contributed by atoms with Crippen molar-refractivity contribution in [2.75, 3.05) is 20.3 Å². The molecule has 12 nitrogen and oxygen atoms in total. The molecule has 40 heavy (non-hydrogen) atoms. The molecule has 0 radical (unpaired) electrons. The highest BCUT2D eigenvalue weighted by Gasteiger charge is 2.85. The van der Waals surface area contributed by atoms with Crippen LogP contribution >= 0.6 is 0 Å². The molecule has 1 unspecified atom stereocenters. The van der Waals surface area contributed by atoms with Crippen LogP contribution in [0.5, 0.6) is 0 Å². The van der Waals surface area contributed by atoms with E-state index in [0.29, 0.717) is 11.1 Å². The number of allylic oxidation sites excluding steroid dienone is 2. The van der Waals surface area contributed by atoms with Crippen molar-refractivity contribution in [3.8, 4) is 0 Å². The number of esters is 3. The maximum absolute atomic E-state index is 13.5. The van der Waals surface area contributed by atoms with Gasteiger partial charge in [0.25, 0.3) is 0 Å². The molecule has 4 fully saturated rings. The van der Waals surface area contributed by atoms with Crippen molar-refractivity contribution in [3.05, 3.63) is 23.0 Å². The highest BCUT2D eigenvalue weighted by atomic mass is 16.6. The molecule has 2 aliphatic heterocycles. The van der Waals surface area contributed by atoms with Gasteiger partial charge in [0, 0.05) is 36.4 Å². The average Bonchev–Trinajstić information content (AvgIpc) is 3.21. The van der Waals surface area contributed by atoms with Crippen LogP contribution in [-0.4, -0.2) is 94.5 Å². The number of aliphatic hydroxyl groups excluding tert-OH is 4. The predicted octanol–water partition coefficient (Wildman–Crippen LogP) is 0.126. The van der Waals surface area contributed by atoms with Gasteiger partial charge in [-0.15, -0.1) is 0 Å². The lowest BCUT2D eigenvalue weighted by Crippen LogP contribution is -2.79. The lowest BCUT2D eigenvalue weighted by atomic mass is 9.38. The third-order valence-electron chi connectivity index (χ3n) is 10.5. The summed E-state index contributed by atoms with van der Waals surface area (Å²) in [5.41, 5.74) is -3.77. The summed E-state index contributed by atoms with van der Waals surface area (Å²) < 4.78 is 22.6. The summed E-state index contributed by atoms with van der Waals surface area (Å²) in [5, 5.41) is 43.2. The fourth-order valence-corrected chi connectivity index (χ4v) is 8.49. The van der Waals surface area contributed by atoms with Crippen molar-refractivity contribution in [1.82, 2.24) is 0 Å². The first kappa shape index (κ1) is 28.7. The number of hydrogen-bond donors (Lipinski definition) is 4.